The van der Waals surface area contributed by atoms with E-state index in [-0.39, 0.29) is 58.1 Å². The van der Waals surface area contributed by atoms with Gasteiger partial charge in [0, 0.05) is 29.6 Å². The number of thioether (sulfide) groups is 1. The molecule has 0 saturated heterocycles. The predicted octanol–water partition coefficient (Wildman–Crippen LogP) is 2.75. The maximum atomic E-state index is 12.2. The average Bonchev–Trinajstić information content (AvgIpc) is 2.82. The van der Waals surface area contributed by atoms with Crippen molar-refractivity contribution in [2.75, 3.05) is 62.7 Å². The molecule has 0 saturated carbocycles. The Kier molecular flexibility index (Phi) is 20.5. The molecule has 0 fully saturated rings. The van der Waals surface area contributed by atoms with Crippen molar-refractivity contribution in [1.29, 1.82) is 0 Å². The Labute approximate surface area is 217 Å². The van der Waals surface area contributed by atoms with Crippen molar-refractivity contribution in [3.8, 4) is 0 Å². The number of hydrogen-bond acceptors (Lipinski definition) is 12. The number of hydrogen-bond donors (Lipinski definition) is 2. The first-order valence-corrected chi connectivity index (χ1v) is 13.7. The van der Waals surface area contributed by atoms with Crippen molar-refractivity contribution >= 4 is 60.9 Å². The molecule has 0 bridgehead atoms. The van der Waals surface area contributed by atoms with Crippen LogP contribution in [0.4, 0.5) is 0 Å². The largest absolute Gasteiger partial charge is 0.465 e. The van der Waals surface area contributed by atoms with Crippen molar-refractivity contribution in [3.05, 3.63) is 0 Å². The molecule has 0 aromatic rings. The van der Waals surface area contributed by atoms with Gasteiger partial charge >= 0.3 is 23.9 Å². The highest BCUT2D eigenvalue weighted by Gasteiger charge is 2.34. The summed E-state index contributed by atoms with van der Waals surface area (Å²) in [5.74, 6) is 0.150. The van der Waals surface area contributed by atoms with Gasteiger partial charge in [0.05, 0.1) is 37.7 Å². The molecule has 0 aliphatic carbocycles. The van der Waals surface area contributed by atoms with E-state index < -0.39 is 23.3 Å². The van der Waals surface area contributed by atoms with Gasteiger partial charge in [-0.25, -0.2) is 0 Å². The smallest absolute Gasteiger partial charge is 0.306 e. The van der Waals surface area contributed by atoms with Crippen molar-refractivity contribution in [1.82, 2.24) is 0 Å². The van der Waals surface area contributed by atoms with E-state index in [1.165, 1.54) is 11.8 Å². The Balaban J connectivity index is 4.46. The lowest BCUT2D eigenvalue weighted by atomic mass is 9.88. The first-order chi connectivity index (χ1) is 16.3. The van der Waals surface area contributed by atoms with E-state index in [1.54, 1.807) is 0 Å². The standard InChI is InChI=1S/C22H38O9S3/c1-3-22(15-29-18(23)5-11-32,16-30-19(24)6-12-33)17-31-21(26)8-14-34-13-7-20(25)28-10-9-27-4-2/h32-33H,3-17H2,1-2H3. The Morgan fingerprint density at radius 2 is 1.12 bits per heavy atom. The monoisotopic (exact) mass is 542 g/mol. The van der Waals surface area contributed by atoms with Gasteiger partial charge in [-0.2, -0.15) is 37.0 Å². The third-order valence-electron chi connectivity index (χ3n) is 4.60. The highest BCUT2D eigenvalue weighted by molar-refractivity contribution is 7.99. The van der Waals surface area contributed by atoms with E-state index in [1.807, 2.05) is 13.8 Å². The van der Waals surface area contributed by atoms with Crippen LogP contribution in [0, 0.1) is 5.41 Å². The number of thiol groups is 2. The fourth-order valence-corrected chi connectivity index (χ4v) is 3.57. The Hall–Kier alpha value is -1.11. The molecule has 0 spiro atoms. The number of carbonyl (C=O) groups excluding carboxylic acids is 4. The summed E-state index contributed by atoms with van der Waals surface area (Å²) in [7, 11) is 0. The molecule has 198 valence electrons. The van der Waals surface area contributed by atoms with Crippen LogP contribution in [0.5, 0.6) is 0 Å². The summed E-state index contributed by atoms with van der Waals surface area (Å²) in [6.07, 6.45) is 1.17. The van der Waals surface area contributed by atoms with Gasteiger partial charge in [-0.1, -0.05) is 6.92 Å². The minimum atomic E-state index is -0.841. The molecular formula is C22H38O9S3. The van der Waals surface area contributed by atoms with Crippen LogP contribution in [0.25, 0.3) is 0 Å². The van der Waals surface area contributed by atoms with E-state index in [9.17, 15) is 19.2 Å². The van der Waals surface area contributed by atoms with Crippen molar-refractivity contribution in [2.24, 2.45) is 5.41 Å². The second kappa shape index (κ2) is 21.2. The van der Waals surface area contributed by atoms with Crippen LogP contribution in [0.2, 0.25) is 0 Å². The lowest BCUT2D eigenvalue weighted by Crippen LogP contribution is -2.39. The maximum absolute atomic E-state index is 12.2. The number of rotatable bonds is 21. The summed E-state index contributed by atoms with van der Waals surface area (Å²) in [6, 6.07) is 0. The molecule has 0 atom stereocenters. The molecule has 9 nitrogen and oxygen atoms in total. The molecular weight excluding hydrogens is 504 g/mol. The van der Waals surface area contributed by atoms with Gasteiger partial charge in [-0.05, 0) is 13.3 Å². The predicted molar refractivity (Wildman–Crippen MR) is 137 cm³/mol. The van der Waals surface area contributed by atoms with Crippen LogP contribution in [0.3, 0.4) is 0 Å². The summed E-state index contributed by atoms with van der Waals surface area (Å²) >= 11 is 9.47. The molecule has 0 N–H and O–H groups in total. The fraction of sp³-hybridized carbons (Fsp3) is 0.818. The Bertz CT molecular complexity index is 580. The first kappa shape index (κ1) is 32.9. The zero-order valence-corrected chi connectivity index (χ0v) is 22.7. The summed E-state index contributed by atoms with van der Waals surface area (Å²) < 4.78 is 26.1. The summed E-state index contributed by atoms with van der Waals surface area (Å²) in [5.41, 5.74) is -0.841. The number of esters is 4. The van der Waals surface area contributed by atoms with Crippen LogP contribution in [-0.4, -0.2) is 86.5 Å². The second-order valence-electron chi connectivity index (χ2n) is 7.31. The summed E-state index contributed by atoms with van der Waals surface area (Å²) in [6.45, 7) is 4.75. The SMILES string of the molecule is CCOCCOC(=O)CCSCCC(=O)OCC(CC)(COC(=O)CCS)COC(=O)CCS. The van der Waals surface area contributed by atoms with E-state index in [0.29, 0.717) is 42.6 Å². The Morgan fingerprint density at radius 3 is 1.53 bits per heavy atom. The molecule has 0 rings (SSSR count). The van der Waals surface area contributed by atoms with E-state index in [2.05, 4.69) is 25.3 Å². The van der Waals surface area contributed by atoms with Crippen molar-refractivity contribution in [2.45, 2.75) is 46.0 Å². The lowest BCUT2D eigenvalue weighted by molar-refractivity contribution is -0.161. The van der Waals surface area contributed by atoms with Gasteiger partial charge < -0.3 is 23.7 Å². The molecule has 0 amide bonds. The van der Waals surface area contributed by atoms with Crippen LogP contribution in [-0.2, 0) is 42.9 Å². The van der Waals surface area contributed by atoms with Crippen molar-refractivity contribution in [3.63, 3.8) is 0 Å². The first-order valence-electron chi connectivity index (χ1n) is 11.3. The zero-order chi connectivity index (χ0) is 25.7. The number of ether oxygens (including phenoxy) is 5. The molecule has 34 heavy (non-hydrogen) atoms. The minimum Gasteiger partial charge on any atom is -0.465 e. The fourth-order valence-electron chi connectivity index (χ4n) is 2.38. The minimum absolute atomic E-state index is 0.0439. The molecule has 0 aromatic carbocycles. The molecule has 0 aliphatic rings. The maximum Gasteiger partial charge on any atom is 0.306 e. The Morgan fingerprint density at radius 1 is 0.676 bits per heavy atom. The van der Waals surface area contributed by atoms with E-state index >= 15 is 0 Å². The molecule has 0 heterocycles. The third kappa shape index (κ3) is 17.3. The van der Waals surface area contributed by atoms with Gasteiger partial charge in [-0.3, -0.25) is 19.2 Å². The van der Waals surface area contributed by atoms with E-state index in [4.69, 9.17) is 23.7 Å². The topological polar surface area (TPSA) is 114 Å². The van der Waals surface area contributed by atoms with Crippen LogP contribution < -0.4 is 0 Å². The van der Waals surface area contributed by atoms with Crippen LogP contribution in [0.15, 0.2) is 0 Å². The molecule has 0 unspecified atom stereocenters. The summed E-state index contributed by atoms with van der Waals surface area (Å²) in [4.78, 5) is 47.4. The van der Waals surface area contributed by atoms with Gasteiger partial charge in [0.25, 0.3) is 0 Å². The van der Waals surface area contributed by atoms with Gasteiger partial charge in [0.2, 0.25) is 0 Å². The van der Waals surface area contributed by atoms with Gasteiger partial charge in [0.1, 0.15) is 26.4 Å². The zero-order valence-electron chi connectivity index (χ0n) is 20.1. The molecule has 12 heteroatoms. The average molecular weight is 543 g/mol. The highest BCUT2D eigenvalue weighted by atomic mass is 32.2. The second-order valence-corrected chi connectivity index (χ2v) is 9.43. The van der Waals surface area contributed by atoms with Gasteiger partial charge in [0.15, 0.2) is 0 Å². The van der Waals surface area contributed by atoms with Crippen molar-refractivity contribution < 1.29 is 42.9 Å². The normalized spacial score (nSPS) is 11.1. The third-order valence-corrected chi connectivity index (χ3v) is 6.03. The van der Waals surface area contributed by atoms with Crippen LogP contribution >= 0.6 is 37.0 Å². The molecule has 0 aliphatic heterocycles. The molecule has 0 radical (unpaired) electrons. The van der Waals surface area contributed by atoms with Gasteiger partial charge in [-0.15, -0.1) is 0 Å². The van der Waals surface area contributed by atoms with Crippen LogP contribution in [0.1, 0.15) is 46.0 Å². The highest BCUT2D eigenvalue weighted by Crippen LogP contribution is 2.25. The molecule has 0 aromatic heterocycles. The lowest BCUT2D eigenvalue weighted by Gasteiger charge is -2.31. The quantitative estimate of drug-likeness (QED) is 0.0971. The van der Waals surface area contributed by atoms with E-state index in [0.717, 1.165) is 0 Å². The number of carbonyl (C=O) groups is 4. The summed E-state index contributed by atoms with van der Waals surface area (Å²) in [5, 5.41) is 0.